The second kappa shape index (κ2) is 11.3. The number of imidazole rings is 1. The molecular formula is C31H30BrClFN3OSi. The Balaban J connectivity index is 1.59. The summed E-state index contributed by atoms with van der Waals surface area (Å²) in [7, 11) is -2.72. The van der Waals surface area contributed by atoms with Crippen molar-refractivity contribution in [1.82, 2.24) is 14.5 Å². The minimum atomic E-state index is -2.72. The zero-order chi connectivity index (χ0) is 27.6. The van der Waals surface area contributed by atoms with Gasteiger partial charge in [0.2, 0.25) is 0 Å². The predicted molar refractivity (Wildman–Crippen MR) is 164 cm³/mol. The molecule has 0 saturated carbocycles. The summed E-state index contributed by atoms with van der Waals surface area (Å²) in [6.07, 6.45) is 3.60. The van der Waals surface area contributed by atoms with Gasteiger partial charge in [-0.15, -0.1) is 0 Å². The van der Waals surface area contributed by atoms with Crippen molar-refractivity contribution in [2.24, 2.45) is 0 Å². The molecule has 5 rings (SSSR count). The number of pyridine rings is 1. The minimum Gasteiger partial charge on any atom is -0.406 e. The molecule has 2 aromatic heterocycles. The van der Waals surface area contributed by atoms with Gasteiger partial charge in [0.05, 0.1) is 22.7 Å². The third-order valence-corrected chi connectivity index (χ3v) is 13.0. The molecule has 0 saturated heterocycles. The highest BCUT2D eigenvalue weighted by Crippen LogP contribution is 2.37. The van der Waals surface area contributed by atoms with Crippen LogP contribution in [0.15, 0.2) is 91.3 Å². The van der Waals surface area contributed by atoms with E-state index in [9.17, 15) is 4.39 Å². The van der Waals surface area contributed by atoms with Crippen LogP contribution in [0.25, 0.3) is 22.4 Å². The van der Waals surface area contributed by atoms with Crippen LogP contribution in [0.3, 0.4) is 0 Å². The van der Waals surface area contributed by atoms with E-state index >= 15 is 0 Å². The first kappa shape index (κ1) is 27.7. The number of rotatable bonds is 8. The normalized spacial score (nSPS) is 12.3. The average Bonchev–Trinajstić information content (AvgIpc) is 3.28. The number of aromatic nitrogens is 3. The van der Waals surface area contributed by atoms with Gasteiger partial charge < -0.3 is 8.99 Å². The third kappa shape index (κ3) is 5.33. The fourth-order valence-corrected chi connectivity index (χ4v) is 10.3. The molecule has 0 aliphatic heterocycles. The minimum absolute atomic E-state index is 0.0652. The first-order chi connectivity index (χ1) is 18.7. The van der Waals surface area contributed by atoms with Crippen LogP contribution in [-0.4, -0.2) is 29.5 Å². The molecule has 0 aliphatic carbocycles. The summed E-state index contributed by atoms with van der Waals surface area (Å²) in [6.45, 7) is 7.73. The highest BCUT2D eigenvalue weighted by atomic mass is 79.9. The SMILES string of the molecule is CC(C)(C)[Si](OCCn1c(-c2cncc(CBr)c2)nc2cc(F)c(Cl)cc21)(c1ccccc1)c1ccccc1. The van der Waals surface area contributed by atoms with Gasteiger partial charge in [-0.25, -0.2) is 9.37 Å². The van der Waals surface area contributed by atoms with Crippen LogP contribution in [0, 0.1) is 5.82 Å². The first-order valence-electron chi connectivity index (χ1n) is 12.8. The lowest BCUT2D eigenvalue weighted by Crippen LogP contribution is -2.66. The Labute approximate surface area is 243 Å². The van der Waals surface area contributed by atoms with Crippen molar-refractivity contribution in [3.8, 4) is 11.4 Å². The van der Waals surface area contributed by atoms with Crippen LogP contribution < -0.4 is 10.4 Å². The summed E-state index contributed by atoms with van der Waals surface area (Å²) in [5.74, 6) is 0.212. The van der Waals surface area contributed by atoms with E-state index in [2.05, 4.69) is 94.8 Å². The maximum absolute atomic E-state index is 14.4. The smallest absolute Gasteiger partial charge is 0.261 e. The number of fused-ring (bicyclic) bond motifs is 1. The molecule has 5 aromatic rings. The molecule has 0 N–H and O–H groups in total. The molecule has 3 aromatic carbocycles. The molecule has 0 unspecified atom stereocenters. The van der Waals surface area contributed by atoms with Crippen molar-refractivity contribution in [3.63, 3.8) is 0 Å². The lowest BCUT2D eigenvalue weighted by molar-refractivity contribution is 0.283. The summed E-state index contributed by atoms with van der Waals surface area (Å²) in [5.41, 5.74) is 3.18. The van der Waals surface area contributed by atoms with Gasteiger partial charge in [-0.1, -0.05) is 109 Å². The predicted octanol–water partition coefficient (Wildman–Crippen LogP) is 7.36. The van der Waals surface area contributed by atoms with Crippen molar-refractivity contribution < 1.29 is 8.82 Å². The van der Waals surface area contributed by atoms with Gasteiger partial charge in [-0.2, -0.15) is 0 Å². The first-order valence-corrected chi connectivity index (χ1v) is 16.3. The molecule has 2 heterocycles. The highest BCUT2D eigenvalue weighted by molar-refractivity contribution is 9.08. The number of alkyl halides is 1. The van der Waals surface area contributed by atoms with E-state index < -0.39 is 14.1 Å². The van der Waals surface area contributed by atoms with Crippen molar-refractivity contribution in [1.29, 1.82) is 0 Å². The Morgan fingerprint density at radius 2 is 1.59 bits per heavy atom. The van der Waals surface area contributed by atoms with Crippen molar-refractivity contribution >= 4 is 57.3 Å². The van der Waals surface area contributed by atoms with E-state index in [1.807, 2.05) is 24.4 Å². The number of nitrogens with zero attached hydrogens (tertiary/aromatic N) is 3. The Morgan fingerprint density at radius 3 is 2.18 bits per heavy atom. The molecule has 8 heteroatoms. The largest absolute Gasteiger partial charge is 0.406 e. The van der Waals surface area contributed by atoms with Crippen LogP contribution in [-0.2, 0) is 16.3 Å². The molecule has 0 bridgehead atoms. The third-order valence-electron chi connectivity index (χ3n) is 7.05. The zero-order valence-electron chi connectivity index (χ0n) is 22.2. The summed E-state index contributed by atoms with van der Waals surface area (Å²) in [5, 5.41) is 3.04. The Kier molecular flexibility index (Phi) is 8.05. The Morgan fingerprint density at radius 1 is 0.949 bits per heavy atom. The Bertz CT molecular complexity index is 1550. The molecule has 200 valence electrons. The Hall–Kier alpha value is -2.84. The van der Waals surface area contributed by atoms with E-state index in [0.717, 1.165) is 16.6 Å². The topological polar surface area (TPSA) is 39.9 Å². The van der Waals surface area contributed by atoms with E-state index in [-0.39, 0.29) is 10.1 Å². The molecule has 0 radical (unpaired) electrons. The molecule has 0 atom stereocenters. The summed E-state index contributed by atoms with van der Waals surface area (Å²) in [4.78, 5) is 9.21. The van der Waals surface area contributed by atoms with Crippen molar-refractivity contribution in [2.45, 2.75) is 37.7 Å². The second-order valence-corrected chi connectivity index (χ2v) is 15.8. The zero-order valence-corrected chi connectivity index (χ0v) is 25.5. The molecular weight excluding hydrogens is 593 g/mol. The van der Waals surface area contributed by atoms with Gasteiger partial charge in [0, 0.05) is 35.9 Å². The standard InChI is InChI=1S/C31H30BrClFN3OSi/c1-31(2,3)39(24-10-6-4-7-11-24,25-12-8-5-9-13-25)38-15-14-37-29-17-26(33)27(34)18-28(29)36-30(37)23-16-22(19-32)20-35-21-23/h4-13,16-18,20-21H,14-15,19H2,1-3H3. The van der Waals surface area contributed by atoms with Gasteiger partial charge in [0.25, 0.3) is 8.32 Å². The van der Waals surface area contributed by atoms with Crippen LogP contribution in [0.1, 0.15) is 26.3 Å². The molecule has 0 amide bonds. The van der Waals surface area contributed by atoms with Gasteiger partial charge in [0.1, 0.15) is 11.6 Å². The monoisotopic (exact) mass is 621 g/mol. The summed E-state index contributed by atoms with van der Waals surface area (Å²) in [6, 6.07) is 26.2. The van der Waals surface area contributed by atoms with Crippen molar-refractivity contribution in [2.75, 3.05) is 6.61 Å². The number of hydrogen-bond donors (Lipinski definition) is 0. The van der Waals surface area contributed by atoms with E-state index in [1.54, 1.807) is 12.3 Å². The van der Waals surface area contributed by atoms with Crippen molar-refractivity contribution in [3.05, 3.63) is 108 Å². The molecule has 4 nitrogen and oxygen atoms in total. The molecule has 0 fully saturated rings. The maximum atomic E-state index is 14.4. The maximum Gasteiger partial charge on any atom is 0.261 e. The summed E-state index contributed by atoms with van der Waals surface area (Å²) < 4.78 is 23.6. The second-order valence-electron chi connectivity index (χ2n) is 10.6. The van der Waals surface area contributed by atoms with E-state index in [1.165, 1.54) is 16.4 Å². The van der Waals surface area contributed by atoms with Gasteiger partial charge >= 0.3 is 0 Å². The van der Waals surface area contributed by atoms with Crippen LogP contribution in [0.2, 0.25) is 10.1 Å². The molecule has 0 aliphatic rings. The fraction of sp³-hybridized carbons (Fsp3) is 0.226. The van der Waals surface area contributed by atoms with Crippen LogP contribution in [0.5, 0.6) is 0 Å². The number of hydrogen-bond acceptors (Lipinski definition) is 3. The lowest BCUT2D eigenvalue weighted by atomic mass is 10.2. The number of halogens is 3. The molecule has 39 heavy (non-hydrogen) atoms. The average molecular weight is 623 g/mol. The van der Waals surface area contributed by atoms with Crippen LogP contribution >= 0.6 is 27.5 Å². The van der Waals surface area contributed by atoms with Gasteiger partial charge in [-0.3, -0.25) is 4.98 Å². The fourth-order valence-electron chi connectivity index (χ4n) is 5.30. The number of benzene rings is 3. The molecule has 0 spiro atoms. The van der Waals surface area contributed by atoms with Gasteiger partial charge in [0.15, 0.2) is 0 Å². The quantitative estimate of drug-likeness (QED) is 0.134. The highest BCUT2D eigenvalue weighted by Gasteiger charge is 2.50. The lowest BCUT2D eigenvalue weighted by Gasteiger charge is -2.43. The van der Waals surface area contributed by atoms with E-state index in [0.29, 0.717) is 29.8 Å². The van der Waals surface area contributed by atoms with Crippen LogP contribution in [0.4, 0.5) is 4.39 Å². The van der Waals surface area contributed by atoms with Gasteiger partial charge in [-0.05, 0) is 33.1 Å². The summed E-state index contributed by atoms with van der Waals surface area (Å²) >= 11 is 9.74. The van der Waals surface area contributed by atoms with E-state index in [4.69, 9.17) is 21.0 Å².